The van der Waals surface area contributed by atoms with E-state index in [-0.39, 0.29) is 11.3 Å². The number of carbonyl (C=O) groups is 1. The summed E-state index contributed by atoms with van der Waals surface area (Å²) in [7, 11) is 1.47. The molecule has 3 rings (SSSR count). The highest BCUT2D eigenvalue weighted by Gasteiger charge is 2.21. The van der Waals surface area contributed by atoms with Crippen LogP contribution >= 0.6 is 0 Å². The Hall–Kier alpha value is -2.36. The maximum atomic E-state index is 14.1. The lowest BCUT2D eigenvalue weighted by Crippen LogP contribution is -2.16. The Balaban J connectivity index is 2.03. The van der Waals surface area contributed by atoms with Gasteiger partial charge in [-0.1, -0.05) is 12.1 Å². The first-order chi connectivity index (χ1) is 10.2. The van der Waals surface area contributed by atoms with Gasteiger partial charge in [0.05, 0.1) is 12.7 Å². The van der Waals surface area contributed by atoms with Gasteiger partial charge in [0.1, 0.15) is 11.6 Å². The predicted molar refractivity (Wildman–Crippen MR) is 79.6 cm³/mol. The molecule has 2 aromatic rings. The molecule has 0 unspecified atom stereocenters. The second-order valence-electron chi connectivity index (χ2n) is 5.04. The van der Waals surface area contributed by atoms with Gasteiger partial charge in [-0.25, -0.2) is 4.39 Å². The number of ether oxygens (including phenoxy) is 1. The van der Waals surface area contributed by atoms with E-state index in [1.807, 2.05) is 12.1 Å². The zero-order chi connectivity index (χ0) is 14.8. The van der Waals surface area contributed by atoms with Crippen LogP contribution in [0.15, 0.2) is 36.4 Å². The maximum absolute atomic E-state index is 14.1. The van der Waals surface area contributed by atoms with Crippen molar-refractivity contribution in [2.75, 3.05) is 19.0 Å². The summed E-state index contributed by atoms with van der Waals surface area (Å²) in [5, 5.41) is 3.28. The van der Waals surface area contributed by atoms with Crippen LogP contribution in [-0.2, 0) is 6.42 Å². The molecule has 0 aliphatic carbocycles. The quantitative estimate of drug-likeness (QED) is 0.878. The van der Waals surface area contributed by atoms with Crippen molar-refractivity contribution in [3.05, 3.63) is 58.9 Å². The fourth-order valence-electron chi connectivity index (χ4n) is 2.67. The Bertz CT molecular complexity index is 697. The molecular weight excluding hydrogens is 269 g/mol. The van der Waals surface area contributed by atoms with Crippen LogP contribution in [0.3, 0.4) is 0 Å². The predicted octanol–water partition coefficient (Wildman–Crippen LogP) is 3.42. The molecule has 0 saturated heterocycles. The minimum Gasteiger partial charge on any atom is -0.497 e. The van der Waals surface area contributed by atoms with Crippen molar-refractivity contribution in [3.63, 3.8) is 0 Å². The Morgan fingerprint density at radius 1 is 1.24 bits per heavy atom. The van der Waals surface area contributed by atoms with Crippen molar-refractivity contribution in [2.45, 2.75) is 12.8 Å². The van der Waals surface area contributed by atoms with Gasteiger partial charge >= 0.3 is 0 Å². The Labute approximate surface area is 122 Å². The molecule has 3 nitrogen and oxygen atoms in total. The second-order valence-corrected chi connectivity index (χ2v) is 5.04. The standard InChI is InChI=1S/C17H16FNO2/c1-21-11-7-8-14(15(18)10-11)17(20)13-4-2-6-16-12(13)5-3-9-19-16/h2,4,6-8,10,19H,3,5,9H2,1H3. The Morgan fingerprint density at radius 2 is 2.10 bits per heavy atom. The van der Waals surface area contributed by atoms with Crippen LogP contribution in [0, 0.1) is 5.82 Å². The molecule has 0 saturated carbocycles. The lowest BCUT2D eigenvalue weighted by Gasteiger charge is -2.20. The van der Waals surface area contributed by atoms with Crippen molar-refractivity contribution in [3.8, 4) is 5.75 Å². The second kappa shape index (κ2) is 5.56. The van der Waals surface area contributed by atoms with Gasteiger partial charge in [-0.05, 0) is 36.6 Å². The van der Waals surface area contributed by atoms with E-state index in [1.54, 1.807) is 12.1 Å². The van der Waals surface area contributed by atoms with Crippen LogP contribution in [0.1, 0.15) is 27.9 Å². The number of rotatable bonds is 3. The number of hydrogen-bond donors (Lipinski definition) is 1. The smallest absolute Gasteiger partial charge is 0.196 e. The van der Waals surface area contributed by atoms with Gasteiger partial charge in [-0.2, -0.15) is 0 Å². The zero-order valence-electron chi connectivity index (χ0n) is 11.8. The summed E-state index contributed by atoms with van der Waals surface area (Å²) >= 11 is 0. The van der Waals surface area contributed by atoms with E-state index in [4.69, 9.17) is 4.74 Å². The monoisotopic (exact) mass is 285 g/mol. The van der Waals surface area contributed by atoms with Crippen molar-refractivity contribution in [2.24, 2.45) is 0 Å². The van der Waals surface area contributed by atoms with E-state index in [9.17, 15) is 9.18 Å². The highest BCUT2D eigenvalue weighted by atomic mass is 19.1. The molecule has 108 valence electrons. The number of benzene rings is 2. The number of carbonyl (C=O) groups excluding carboxylic acids is 1. The normalized spacial score (nSPS) is 13.2. The number of halogens is 1. The topological polar surface area (TPSA) is 38.3 Å². The van der Waals surface area contributed by atoms with Gasteiger partial charge in [0.25, 0.3) is 0 Å². The number of anilines is 1. The van der Waals surface area contributed by atoms with Gasteiger partial charge in [0, 0.05) is 23.9 Å². The van der Waals surface area contributed by atoms with Gasteiger partial charge in [-0.15, -0.1) is 0 Å². The summed E-state index contributed by atoms with van der Waals surface area (Å²) in [5.74, 6) is -0.433. The summed E-state index contributed by atoms with van der Waals surface area (Å²) in [6.45, 7) is 0.904. The third-order valence-electron chi connectivity index (χ3n) is 3.76. The van der Waals surface area contributed by atoms with E-state index in [2.05, 4.69) is 5.32 Å². The van der Waals surface area contributed by atoms with Crippen LogP contribution in [0.5, 0.6) is 5.75 Å². The molecule has 0 fully saturated rings. The number of hydrogen-bond acceptors (Lipinski definition) is 3. The van der Waals surface area contributed by atoms with Crippen LogP contribution in [0.25, 0.3) is 0 Å². The number of methoxy groups -OCH3 is 1. The summed E-state index contributed by atoms with van der Waals surface area (Å²) in [5.41, 5.74) is 2.60. The molecule has 1 N–H and O–H groups in total. The Kier molecular flexibility index (Phi) is 3.60. The minimum atomic E-state index is -0.555. The van der Waals surface area contributed by atoms with Crippen molar-refractivity contribution in [1.29, 1.82) is 0 Å². The lowest BCUT2D eigenvalue weighted by molar-refractivity contribution is 0.103. The molecule has 1 heterocycles. The minimum absolute atomic E-state index is 0.0785. The van der Waals surface area contributed by atoms with Gasteiger partial charge in [0.2, 0.25) is 0 Å². The molecule has 0 amide bonds. The average Bonchev–Trinajstić information content (AvgIpc) is 2.53. The van der Waals surface area contributed by atoms with Crippen molar-refractivity contribution >= 4 is 11.5 Å². The summed E-state index contributed by atoms with van der Waals surface area (Å²) in [6, 6.07) is 9.86. The van der Waals surface area contributed by atoms with Gasteiger partial charge in [0.15, 0.2) is 5.78 Å². The Morgan fingerprint density at radius 3 is 2.86 bits per heavy atom. The van der Waals surface area contributed by atoms with Crippen LogP contribution in [0.4, 0.5) is 10.1 Å². The van der Waals surface area contributed by atoms with Crippen LogP contribution in [0.2, 0.25) is 0 Å². The summed E-state index contributed by atoms with van der Waals surface area (Å²) < 4.78 is 19.1. The number of ketones is 1. The first-order valence-corrected chi connectivity index (χ1v) is 6.94. The molecule has 0 spiro atoms. The molecule has 0 atom stereocenters. The average molecular weight is 285 g/mol. The molecule has 0 aromatic heterocycles. The van der Waals surface area contributed by atoms with Crippen LogP contribution in [-0.4, -0.2) is 19.4 Å². The molecule has 0 radical (unpaired) electrons. The fraction of sp³-hybridized carbons (Fsp3) is 0.235. The molecular formula is C17H16FNO2. The highest BCUT2D eigenvalue weighted by molar-refractivity contribution is 6.10. The summed E-state index contributed by atoms with van der Waals surface area (Å²) in [6.07, 6.45) is 1.81. The molecule has 4 heteroatoms. The first-order valence-electron chi connectivity index (χ1n) is 6.94. The molecule has 1 aliphatic rings. The van der Waals surface area contributed by atoms with E-state index in [0.717, 1.165) is 30.6 Å². The molecule has 21 heavy (non-hydrogen) atoms. The lowest BCUT2D eigenvalue weighted by atomic mass is 9.92. The highest BCUT2D eigenvalue weighted by Crippen LogP contribution is 2.28. The SMILES string of the molecule is COc1ccc(C(=O)c2cccc3c2CCCN3)c(F)c1. The van der Waals surface area contributed by atoms with Crippen molar-refractivity contribution in [1.82, 2.24) is 0 Å². The van der Waals surface area contributed by atoms with E-state index in [1.165, 1.54) is 19.2 Å². The van der Waals surface area contributed by atoms with Gasteiger partial charge < -0.3 is 10.1 Å². The first kappa shape index (κ1) is 13.6. The third-order valence-corrected chi connectivity index (χ3v) is 3.76. The maximum Gasteiger partial charge on any atom is 0.196 e. The molecule has 0 bridgehead atoms. The molecule has 2 aromatic carbocycles. The number of fused-ring (bicyclic) bond motifs is 1. The van der Waals surface area contributed by atoms with Crippen LogP contribution < -0.4 is 10.1 Å². The fourth-order valence-corrected chi connectivity index (χ4v) is 2.67. The van der Waals surface area contributed by atoms with E-state index >= 15 is 0 Å². The van der Waals surface area contributed by atoms with Gasteiger partial charge in [-0.3, -0.25) is 4.79 Å². The summed E-state index contributed by atoms with van der Waals surface area (Å²) in [4.78, 5) is 12.6. The third kappa shape index (κ3) is 2.49. The number of nitrogens with one attached hydrogen (secondary N) is 1. The molecule has 1 aliphatic heterocycles. The zero-order valence-corrected chi connectivity index (χ0v) is 11.8. The van der Waals surface area contributed by atoms with E-state index < -0.39 is 5.82 Å². The largest absolute Gasteiger partial charge is 0.497 e. The van der Waals surface area contributed by atoms with Crippen molar-refractivity contribution < 1.29 is 13.9 Å². The van der Waals surface area contributed by atoms with E-state index in [0.29, 0.717) is 11.3 Å².